The average molecular weight is 764 g/mol. The van der Waals surface area contributed by atoms with E-state index in [-0.39, 0.29) is 18.0 Å². The van der Waals surface area contributed by atoms with Crippen LogP contribution in [0.15, 0.2) is 120 Å². The fraction of sp³-hybridized carbons (Fsp3) is 0.348. The number of carbonyl (C=O) groups is 2. The Hall–Kier alpha value is -4.91. The van der Waals surface area contributed by atoms with Crippen LogP contribution < -0.4 is 20.7 Å². The predicted molar refractivity (Wildman–Crippen MR) is 222 cm³/mol. The number of carboxylic acids is 1. The number of carboxylic acid groups (broad SMARTS) is 1. The Morgan fingerprint density at radius 2 is 1.49 bits per heavy atom. The highest BCUT2D eigenvalue weighted by molar-refractivity contribution is 7.96. The van der Waals surface area contributed by atoms with Gasteiger partial charge in [0.05, 0.1) is 32.3 Å². The van der Waals surface area contributed by atoms with Gasteiger partial charge < -0.3 is 23.7 Å². The number of carbonyl (C=O) groups excluding carboxylic acids is 1. The molecule has 0 amide bonds. The largest absolute Gasteiger partial charge is 0.497 e. The average Bonchev–Trinajstić information content (AvgIpc) is 3.61. The van der Waals surface area contributed by atoms with E-state index in [2.05, 4.69) is 41.4 Å². The number of esters is 1. The molecule has 0 saturated heterocycles. The lowest BCUT2D eigenvalue weighted by Gasteiger charge is -2.31. The van der Waals surface area contributed by atoms with Crippen LogP contribution in [0.1, 0.15) is 70.8 Å². The summed E-state index contributed by atoms with van der Waals surface area (Å²) in [5.41, 5.74) is 1.70. The van der Waals surface area contributed by atoms with Crippen molar-refractivity contribution in [3.05, 3.63) is 127 Å². The van der Waals surface area contributed by atoms with E-state index in [9.17, 15) is 9.59 Å². The standard InChI is InChI=1S/C23H31NO5.C23H23O2P/c1-15(23(25)26)10-11-17-6-4-9-20(12-17)28-14-21-16(2)29-22(24-21)18-7-5-8-19(13-18)27-3;1-3-25-23(24)19(2)26(20-13-7-4-8-14-20,21-15-9-5-10-16-21)22-17-11-6-12-18-22/h5,7-8,13,15,17,20H,4,6,9-12,14H2,1-3H3,(H,25,26);4-18H,3H2,1-2H3/t15?,17-,20-;/m1./s1. The molecule has 0 radical (unpaired) electrons. The van der Waals surface area contributed by atoms with Gasteiger partial charge in [0.2, 0.25) is 5.89 Å². The Bertz CT molecular complexity index is 1920. The van der Waals surface area contributed by atoms with Crippen LogP contribution in [0.2, 0.25) is 0 Å². The second-order valence-electron chi connectivity index (χ2n) is 14.0. The number of hydrogen-bond donors (Lipinski definition) is 1. The summed E-state index contributed by atoms with van der Waals surface area (Å²) < 4.78 is 22.7. The maximum absolute atomic E-state index is 12.9. The number of rotatable bonds is 14. The minimum Gasteiger partial charge on any atom is -0.497 e. The maximum atomic E-state index is 12.9. The van der Waals surface area contributed by atoms with E-state index in [1.54, 1.807) is 14.0 Å². The van der Waals surface area contributed by atoms with Gasteiger partial charge in [0.1, 0.15) is 17.2 Å². The molecule has 1 saturated carbocycles. The van der Waals surface area contributed by atoms with Crippen molar-refractivity contribution in [2.24, 2.45) is 11.8 Å². The molecule has 8 nitrogen and oxygen atoms in total. The lowest BCUT2D eigenvalue weighted by atomic mass is 9.83. The van der Waals surface area contributed by atoms with Crippen LogP contribution in [0.5, 0.6) is 5.75 Å². The first-order valence-electron chi connectivity index (χ1n) is 19.2. The zero-order chi connectivity index (χ0) is 39.2. The molecule has 1 aliphatic carbocycles. The van der Waals surface area contributed by atoms with E-state index in [1.807, 2.05) is 99.6 Å². The number of oxazole rings is 1. The highest BCUT2D eigenvalue weighted by Crippen LogP contribution is 2.46. The number of hydrogen-bond acceptors (Lipinski definition) is 7. The Morgan fingerprint density at radius 1 is 0.891 bits per heavy atom. The summed E-state index contributed by atoms with van der Waals surface area (Å²) in [6, 6.07) is 38.6. The van der Waals surface area contributed by atoms with E-state index in [4.69, 9.17) is 23.7 Å². The summed E-state index contributed by atoms with van der Waals surface area (Å²) in [4.78, 5) is 28.5. The Kier molecular flexibility index (Phi) is 15.1. The van der Waals surface area contributed by atoms with Crippen LogP contribution in [0.25, 0.3) is 11.5 Å². The fourth-order valence-corrected chi connectivity index (χ4v) is 11.5. The highest BCUT2D eigenvalue weighted by Gasteiger charge is 2.31. The van der Waals surface area contributed by atoms with Crippen molar-refractivity contribution in [3.8, 4) is 17.2 Å². The summed E-state index contributed by atoms with van der Waals surface area (Å²) in [6.45, 7) is 5.98. The Morgan fingerprint density at radius 3 is 2.04 bits per heavy atom. The van der Waals surface area contributed by atoms with E-state index in [0.717, 1.165) is 82.5 Å². The van der Waals surface area contributed by atoms with Crippen molar-refractivity contribution in [2.45, 2.75) is 78.9 Å². The monoisotopic (exact) mass is 763 g/mol. The Labute approximate surface area is 325 Å². The normalized spacial score (nSPS) is 15.9. The minimum atomic E-state index is -2.29. The summed E-state index contributed by atoms with van der Waals surface area (Å²) in [7, 11) is 1.64. The second kappa shape index (κ2) is 20.1. The van der Waals surface area contributed by atoms with E-state index in [1.165, 1.54) is 0 Å². The topological polar surface area (TPSA) is 108 Å². The maximum Gasteiger partial charge on any atom is 0.334 e. The number of aliphatic carboxylic acids is 1. The van der Waals surface area contributed by atoms with Crippen LogP contribution in [0, 0.1) is 18.8 Å². The van der Waals surface area contributed by atoms with Crippen LogP contribution in [0.4, 0.5) is 0 Å². The van der Waals surface area contributed by atoms with Crippen LogP contribution in [0.3, 0.4) is 0 Å². The molecule has 0 spiro atoms. The molecule has 1 unspecified atom stereocenters. The molecule has 290 valence electrons. The zero-order valence-electron chi connectivity index (χ0n) is 32.6. The molecule has 5 aromatic rings. The van der Waals surface area contributed by atoms with Gasteiger partial charge in [-0.25, -0.2) is 9.78 Å². The number of methoxy groups -OCH3 is 1. The zero-order valence-corrected chi connectivity index (χ0v) is 33.5. The minimum absolute atomic E-state index is 0.199. The van der Waals surface area contributed by atoms with Gasteiger partial charge in [-0.2, -0.15) is 0 Å². The van der Waals surface area contributed by atoms with Crippen LogP contribution >= 0.6 is 6.89 Å². The third-order valence-electron chi connectivity index (χ3n) is 10.3. The van der Waals surface area contributed by atoms with Crippen molar-refractivity contribution >= 4 is 40.0 Å². The predicted octanol–water partition coefficient (Wildman–Crippen LogP) is 8.97. The third-order valence-corrected chi connectivity index (χ3v) is 14.7. The van der Waals surface area contributed by atoms with Crippen molar-refractivity contribution in [1.82, 2.24) is 4.98 Å². The van der Waals surface area contributed by atoms with Gasteiger partial charge >= 0.3 is 11.9 Å². The quantitative estimate of drug-likeness (QED) is 0.0883. The molecule has 1 N–H and O–H groups in total. The molecular formula is C46H54NO7P. The van der Waals surface area contributed by atoms with E-state index in [0.29, 0.717) is 25.0 Å². The molecule has 1 fully saturated rings. The van der Waals surface area contributed by atoms with Gasteiger partial charge in [0.15, 0.2) is 0 Å². The Balaban J connectivity index is 0.000000212. The first-order chi connectivity index (χ1) is 26.7. The van der Waals surface area contributed by atoms with Gasteiger partial charge in [0.25, 0.3) is 0 Å². The number of benzene rings is 4. The van der Waals surface area contributed by atoms with Gasteiger partial charge in [-0.15, -0.1) is 0 Å². The molecule has 4 aromatic carbocycles. The molecule has 1 aliphatic rings. The highest BCUT2D eigenvalue weighted by atomic mass is 31.2. The second-order valence-corrected chi connectivity index (χ2v) is 17.6. The smallest absolute Gasteiger partial charge is 0.334 e. The molecule has 3 atom stereocenters. The van der Waals surface area contributed by atoms with Crippen molar-refractivity contribution in [3.63, 3.8) is 0 Å². The lowest BCUT2D eigenvalue weighted by molar-refractivity contribution is -0.141. The first kappa shape index (κ1) is 41.3. The molecule has 6 rings (SSSR count). The third kappa shape index (κ3) is 10.4. The molecule has 0 aliphatic heterocycles. The van der Waals surface area contributed by atoms with Gasteiger partial charge in [-0.05, 0) is 93.4 Å². The number of nitrogens with zero attached hydrogens (tertiary/aromatic N) is 1. The number of ether oxygens (including phenoxy) is 3. The number of aromatic nitrogens is 1. The van der Waals surface area contributed by atoms with Crippen molar-refractivity contribution in [1.29, 1.82) is 0 Å². The van der Waals surface area contributed by atoms with Crippen molar-refractivity contribution < 1.29 is 33.3 Å². The molecule has 1 heterocycles. The van der Waals surface area contributed by atoms with E-state index >= 15 is 0 Å². The summed E-state index contributed by atoms with van der Waals surface area (Å²) >= 11 is 0. The van der Waals surface area contributed by atoms with Crippen LogP contribution in [-0.2, 0) is 25.7 Å². The van der Waals surface area contributed by atoms with Crippen molar-refractivity contribution in [2.75, 3.05) is 13.7 Å². The molecular weight excluding hydrogens is 709 g/mol. The van der Waals surface area contributed by atoms with E-state index < -0.39 is 12.9 Å². The fourth-order valence-electron chi connectivity index (χ4n) is 7.26. The summed E-state index contributed by atoms with van der Waals surface area (Å²) in [5, 5.41) is 13.3. The summed E-state index contributed by atoms with van der Waals surface area (Å²) in [6.07, 6.45) is 6.22. The van der Waals surface area contributed by atoms with Crippen LogP contribution in [-0.4, -0.2) is 47.1 Å². The van der Waals surface area contributed by atoms with Gasteiger partial charge in [0, 0.05) is 10.9 Å². The SMILES string of the molecule is CCOC(=O)C(C)=P(c1ccccc1)(c1ccccc1)c1ccccc1.COc1cccc(-c2nc(CO[C@@H]3CCC[C@H](CCC(C)C(=O)O)C3)c(C)o2)c1. The summed E-state index contributed by atoms with van der Waals surface area (Å²) in [5.74, 6) is 1.45. The lowest BCUT2D eigenvalue weighted by Crippen LogP contribution is -2.33. The molecule has 0 bridgehead atoms. The molecule has 55 heavy (non-hydrogen) atoms. The number of aryl methyl sites for hydroxylation is 1. The first-order valence-corrected chi connectivity index (χ1v) is 21.0. The molecule has 9 heteroatoms. The van der Waals surface area contributed by atoms with Gasteiger partial charge in [-0.1, -0.05) is 117 Å². The molecule has 1 aromatic heterocycles. The van der Waals surface area contributed by atoms with Gasteiger partial charge in [-0.3, -0.25) is 4.79 Å².